The molecule has 0 aliphatic heterocycles. The molecule has 0 saturated carbocycles. The molecule has 0 aliphatic carbocycles. The van der Waals surface area contributed by atoms with Gasteiger partial charge in [-0.1, -0.05) is 30.3 Å². The van der Waals surface area contributed by atoms with Crippen LogP contribution in [0.1, 0.15) is 18.4 Å². The van der Waals surface area contributed by atoms with E-state index in [0.717, 1.165) is 12.0 Å². The first-order valence-corrected chi connectivity index (χ1v) is 5.75. The van der Waals surface area contributed by atoms with E-state index in [1.807, 2.05) is 30.3 Å². The van der Waals surface area contributed by atoms with Crippen LogP contribution in [-0.2, 0) is 11.2 Å². The zero-order chi connectivity index (χ0) is 12.7. The lowest BCUT2D eigenvalue weighted by Crippen LogP contribution is -2.30. The molecule has 94 valence electrons. The molecule has 0 saturated heterocycles. The van der Waals surface area contributed by atoms with E-state index in [0.29, 0.717) is 6.42 Å². The molecule has 0 heterocycles. The molecule has 4 N–H and O–H groups in total. The number of rotatable bonds is 7. The third kappa shape index (κ3) is 4.97. The van der Waals surface area contributed by atoms with Gasteiger partial charge in [0.1, 0.15) is 0 Å². The lowest BCUT2D eigenvalue weighted by atomic mass is 9.97. The quantitative estimate of drug-likeness (QED) is 0.644. The highest BCUT2D eigenvalue weighted by atomic mass is 16.3. The summed E-state index contributed by atoms with van der Waals surface area (Å²) >= 11 is 0. The van der Waals surface area contributed by atoms with Gasteiger partial charge >= 0.3 is 0 Å². The number of carbonyl (C=O) groups excluding carboxylic acids is 1. The second kappa shape index (κ2) is 7.04. The van der Waals surface area contributed by atoms with E-state index in [9.17, 15) is 9.90 Å². The van der Waals surface area contributed by atoms with Crippen LogP contribution in [0.3, 0.4) is 0 Å². The van der Waals surface area contributed by atoms with Crippen LogP contribution < -0.4 is 5.73 Å². The molecule has 0 fully saturated rings. The first kappa shape index (κ1) is 13.7. The minimum Gasteiger partial charge on any atom is -0.396 e. The van der Waals surface area contributed by atoms with Crippen molar-refractivity contribution in [3.05, 3.63) is 35.9 Å². The van der Waals surface area contributed by atoms with Crippen molar-refractivity contribution in [1.82, 2.24) is 0 Å². The van der Waals surface area contributed by atoms with E-state index in [1.165, 1.54) is 0 Å². The molecule has 17 heavy (non-hydrogen) atoms. The average Bonchev–Trinajstić information content (AvgIpc) is 2.34. The van der Waals surface area contributed by atoms with E-state index in [1.54, 1.807) is 0 Å². The van der Waals surface area contributed by atoms with Crippen LogP contribution in [0.25, 0.3) is 0 Å². The van der Waals surface area contributed by atoms with Gasteiger partial charge in [-0.3, -0.25) is 4.79 Å². The Morgan fingerprint density at radius 3 is 2.47 bits per heavy atom. The number of carbonyl (C=O) groups is 1. The Balaban J connectivity index is 2.34. The maximum absolute atomic E-state index is 10.9. The first-order valence-electron chi connectivity index (χ1n) is 5.75. The fraction of sp³-hybridized carbons (Fsp3) is 0.462. The maximum atomic E-state index is 10.9. The van der Waals surface area contributed by atoms with Gasteiger partial charge in [0.2, 0.25) is 5.91 Å². The lowest BCUT2D eigenvalue weighted by Gasteiger charge is -2.15. The van der Waals surface area contributed by atoms with Crippen LogP contribution in [0.5, 0.6) is 0 Å². The monoisotopic (exact) mass is 237 g/mol. The number of aryl methyl sites for hydroxylation is 1. The number of aliphatic hydroxyl groups is 2. The highest BCUT2D eigenvalue weighted by molar-refractivity contribution is 5.76. The number of nitrogens with two attached hydrogens (primary N) is 1. The molecule has 4 nitrogen and oxygen atoms in total. The number of hydrogen-bond acceptors (Lipinski definition) is 3. The van der Waals surface area contributed by atoms with E-state index < -0.39 is 17.9 Å². The highest BCUT2D eigenvalue weighted by Crippen LogP contribution is 2.12. The molecule has 2 unspecified atom stereocenters. The number of benzene rings is 1. The Hall–Kier alpha value is -1.39. The van der Waals surface area contributed by atoms with E-state index in [4.69, 9.17) is 10.8 Å². The van der Waals surface area contributed by atoms with Gasteiger partial charge in [-0.15, -0.1) is 0 Å². The molecule has 1 aromatic rings. The molecule has 0 aromatic heterocycles. The molecule has 4 heteroatoms. The normalized spacial score (nSPS) is 14.2. The summed E-state index contributed by atoms with van der Waals surface area (Å²) in [6.07, 6.45) is 0.922. The predicted molar refractivity (Wildman–Crippen MR) is 65.2 cm³/mol. The van der Waals surface area contributed by atoms with Crippen molar-refractivity contribution >= 4 is 5.91 Å². The van der Waals surface area contributed by atoms with Gasteiger partial charge in [-0.2, -0.15) is 0 Å². The fourth-order valence-electron chi connectivity index (χ4n) is 1.70. The molecule has 0 aliphatic rings. The van der Waals surface area contributed by atoms with Crippen molar-refractivity contribution in [3.8, 4) is 0 Å². The van der Waals surface area contributed by atoms with Gasteiger partial charge in [0.05, 0.1) is 18.6 Å². The van der Waals surface area contributed by atoms with Crippen LogP contribution in [0.4, 0.5) is 0 Å². The second-order valence-corrected chi connectivity index (χ2v) is 4.20. The Kier molecular flexibility index (Phi) is 5.66. The van der Waals surface area contributed by atoms with Crippen molar-refractivity contribution in [2.45, 2.75) is 25.4 Å². The topological polar surface area (TPSA) is 83.6 Å². The summed E-state index contributed by atoms with van der Waals surface area (Å²) in [6, 6.07) is 9.81. The standard InChI is InChI=1S/C13H19NO3/c14-13(17)11(9-15)8-12(16)7-6-10-4-2-1-3-5-10/h1-5,11-12,15-16H,6-9H2,(H2,14,17). The zero-order valence-corrected chi connectivity index (χ0v) is 9.75. The minimum atomic E-state index is -0.652. The van der Waals surface area contributed by atoms with Crippen LogP contribution in [0.15, 0.2) is 30.3 Å². The van der Waals surface area contributed by atoms with Crippen LogP contribution >= 0.6 is 0 Å². The van der Waals surface area contributed by atoms with Gasteiger partial charge in [-0.25, -0.2) is 0 Å². The van der Waals surface area contributed by atoms with Gasteiger partial charge in [-0.05, 0) is 24.8 Å². The SMILES string of the molecule is NC(=O)C(CO)CC(O)CCc1ccccc1. The fourth-order valence-corrected chi connectivity index (χ4v) is 1.70. The Morgan fingerprint density at radius 1 is 1.29 bits per heavy atom. The van der Waals surface area contributed by atoms with Gasteiger partial charge in [0, 0.05) is 0 Å². The van der Waals surface area contributed by atoms with Gasteiger partial charge < -0.3 is 15.9 Å². The third-order valence-electron chi connectivity index (χ3n) is 2.79. The molecular weight excluding hydrogens is 218 g/mol. The third-order valence-corrected chi connectivity index (χ3v) is 2.79. The summed E-state index contributed by atoms with van der Waals surface area (Å²) in [6.45, 7) is -0.308. The highest BCUT2D eigenvalue weighted by Gasteiger charge is 2.18. The summed E-state index contributed by atoms with van der Waals surface area (Å²) < 4.78 is 0. The number of aliphatic hydroxyl groups excluding tert-OH is 2. The van der Waals surface area contributed by atoms with E-state index in [-0.39, 0.29) is 13.0 Å². The average molecular weight is 237 g/mol. The minimum absolute atomic E-state index is 0.221. The maximum Gasteiger partial charge on any atom is 0.222 e. The van der Waals surface area contributed by atoms with Crippen molar-refractivity contribution in [3.63, 3.8) is 0 Å². The zero-order valence-electron chi connectivity index (χ0n) is 9.75. The molecule has 1 aromatic carbocycles. The van der Waals surface area contributed by atoms with Gasteiger partial charge in [0.15, 0.2) is 0 Å². The second-order valence-electron chi connectivity index (χ2n) is 4.20. The molecule has 0 radical (unpaired) electrons. The van der Waals surface area contributed by atoms with Crippen molar-refractivity contribution in [2.75, 3.05) is 6.61 Å². The molecule has 0 spiro atoms. The van der Waals surface area contributed by atoms with Crippen LogP contribution in [0, 0.1) is 5.92 Å². The summed E-state index contributed by atoms with van der Waals surface area (Å²) in [5.74, 6) is -1.22. The van der Waals surface area contributed by atoms with Crippen molar-refractivity contribution < 1.29 is 15.0 Å². The summed E-state index contributed by atoms with van der Waals surface area (Å²) in [7, 11) is 0. The number of primary amides is 1. The molecule has 1 amide bonds. The molecule has 0 bridgehead atoms. The molecular formula is C13H19NO3. The predicted octanol–water partition coefficient (Wildman–Crippen LogP) is 0.464. The van der Waals surface area contributed by atoms with E-state index in [2.05, 4.69) is 0 Å². The number of amides is 1. The van der Waals surface area contributed by atoms with Gasteiger partial charge in [0.25, 0.3) is 0 Å². The molecule has 2 atom stereocenters. The van der Waals surface area contributed by atoms with E-state index >= 15 is 0 Å². The smallest absolute Gasteiger partial charge is 0.222 e. The lowest BCUT2D eigenvalue weighted by molar-refractivity contribution is -0.124. The Bertz CT molecular complexity index is 340. The summed E-state index contributed by atoms with van der Waals surface area (Å²) in [5, 5.41) is 18.7. The largest absolute Gasteiger partial charge is 0.396 e. The van der Waals surface area contributed by atoms with Crippen LogP contribution in [-0.4, -0.2) is 28.8 Å². The Labute approximate surface area is 101 Å². The molecule has 1 rings (SSSR count). The Morgan fingerprint density at radius 2 is 1.94 bits per heavy atom. The van der Waals surface area contributed by atoms with Crippen molar-refractivity contribution in [2.24, 2.45) is 11.7 Å². The first-order chi connectivity index (χ1) is 8.13. The van der Waals surface area contributed by atoms with Crippen molar-refractivity contribution in [1.29, 1.82) is 0 Å². The summed E-state index contributed by atoms with van der Waals surface area (Å²) in [4.78, 5) is 10.9. The number of hydrogen-bond donors (Lipinski definition) is 3. The van der Waals surface area contributed by atoms with Crippen LogP contribution in [0.2, 0.25) is 0 Å². The summed E-state index contributed by atoms with van der Waals surface area (Å²) in [5.41, 5.74) is 6.24.